The molecule has 5 nitrogen and oxygen atoms in total. The molecule has 5 heteroatoms. The second-order valence-corrected chi connectivity index (χ2v) is 7.98. The summed E-state index contributed by atoms with van der Waals surface area (Å²) in [4.78, 5) is 4.83. The molecule has 2 N–H and O–H groups in total. The fourth-order valence-electron chi connectivity index (χ4n) is 4.06. The maximum atomic E-state index is 6.19. The molecular weight excluding hydrogens is 398 g/mol. The first-order chi connectivity index (χ1) is 15.8. The lowest BCUT2D eigenvalue weighted by Gasteiger charge is -2.17. The first kappa shape index (κ1) is 21.9. The Morgan fingerprint density at radius 2 is 2.00 bits per heavy atom. The van der Waals surface area contributed by atoms with Crippen LogP contribution in [0.25, 0.3) is 11.3 Å². The molecule has 0 saturated carbocycles. The Morgan fingerprint density at radius 3 is 2.75 bits per heavy atom. The average Bonchev–Trinajstić information content (AvgIpc) is 3.34. The van der Waals surface area contributed by atoms with Crippen LogP contribution in [0.15, 0.2) is 73.3 Å². The Hall–Kier alpha value is -3.31. The minimum atomic E-state index is 0.558. The van der Waals surface area contributed by atoms with Crippen LogP contribution in [0.1, 0.15) is 24.8 Å². The van der Waals surface area contributed by atoms with Crippen LogP contribution in [-0.4, -0.2) is 31.3 Å². The minimum absolute atomic E-state index is 0.558. The number of hydrogen-bond acceptors (Lipinski definition) is 5. The number of allylic oxidation sites excluding steroid dienone is 1. The number of para-hydroxylation sites is 1. The molecule has 2 heterocycles. The molecular formula is C27H31N3O2. The lowest BCUT2D eigenvalue weighted by Crippen LogP contribution is -2.23. The zero-order chi connectivity index (χ0) is 22.2. The molecule has 2 aromatic carbocycles. The number of ether oxygens (including phenoxy) is 2. The van der Waals surface area contributed by atoms with E-state index < -0.39 is 0 Å². The predicted octanol–water partition coefficient (Wildman–Crippen LogP) is 5.75. The summed E-state index contributed by atoms with van der Waals surface area (Å²) in [5.74, 6) is 2.38. The fourth-order valence-corrected chi connectivity index (χ4v) is 4.06. The molecule has 0 radical (unpaired) electrons. The van der Waals surface area contributed by atoms with E-state index in [0.29, 0.717) is 12.6 Å². The van der Waals surface area contributed by atoms with Crippen molar-refractivity contribution in [2.24, 2.45) is 0 Å². The van der Waals surface area contributed by atoms with Gasteiger partial charge in [-0.05, 0) is 68.1 Å². The van der Waals surface area contributed by atoms with Crippen LogP contribution < -0.4 is 20.1 Å². The van der Waals surface area contributed by atoms with Gasteiger partial charge >= 0.3 is 0 Å². The molecule has 1 saturated heterocycles. The SMILES string of the molecule is C=CCc1cc(-c2cccc(Nc3ccccc3)n2)c(OC)cc1OCCC1CCCN1. The molecule has 0 amide bonds. The van der Waals surface area contributed by atoms with Crippen molar-refractivity contribution < 1.29 is 9.47 Å². The molecule has 166 valence electrons. The number of nitrogens with one attached hydrogen (secondary N) is 2. The van der Waals surface area contributed by atoms with Crippen LogP contribution in [0.3, 0.4) is 0 Å². The molecule has 3 aromatic rings. The molecule has 1 aliphatic rings. The highest BCUT2D eigenvalue weighted by molar-refractivity contribution is 5.72. The van der Waals surface area contributed by atoms with Gasteiger partial charge in [0.05, 0.1) is 19.4 Å². The molecule has 0 spiro atoms. The summed E-state index contributed by atoms with van der Waals surface area (Å²) in [6, 6.07) is 20.6. The van der Waals surface area contributed by atoms with Gasteiger partial charge in [0.15, 0.2) is 0 Å². The molecule has 1 aromatic heterocycles. The van der Waals surface area contributed by atoms with E-state index in [1.165, 1.54) is 12.8 Å². The maximum absolute atomic E-state index is 6.19. The molecule has 1 fully saturated rings. The smallest absolute Gasteiger partial charge is 0.131 e. The molecule has 1 aliphatic heterocycles. The summed E-state index contributed by atoms with van der Waals surface area (Å²) in [7, 11) is 1.68. The van der Waals surface area contributed by atoms with Crippen molar-refractivity contribution in [1.82, 2.24) is 10.3 Å². The largest absolute Gasteiger partial charge is 0.496 e. The van der Waals surface area contributed by atoms with Gasteiger partial charge in [-0.1, -0.05) is 30.3 Å². The summed E-state index contributed by atoms with van der Waals surface area (Å²) >= 11 is 0. The predicted molar refractivity (Wildman–Crippen MR) is 131 cm³/mol. The lowest BCUT2D eigenvalue weighted by molar-refractivity contribution is 0.288. The number of aromatic nitrogens is 1. The minimum Gasteiger partial charge on any atom is -0.496 e. The zero-order valence-corrected chi connectivity index (χ0v) is 18.6. The first-order valence-corrected chi connectivity index (χ1v) is 11.2. The van der Waals surface area contributed by atoms with Gasteiger partial charge in [0.1, 0.15) is 17.3 Å². The topological polar surface area (TPSA) is 55.4 Å². The van der Waals surface area contributed by atoms with Crippen LogP contribution >= 0.6 is 0 Å². The van der Waals surface area contributed by atoms with Crippen molar-refractivity contribution in [3.05, 3.63) is 78.9 Å². The summed E-state index contributed by atoms with van der Waals surface area (Å²) in [5, 5.41) is 6.88. The molecule has 4 rings (SSSR count). The standard InChI is InChI=1S/C27H31N3O2/c1-3-9-20-18-23(24-13-7-14-27(30-24)29-22-10-5-4-6-11-22)26(31-2)19-25(20)32-17-15-21-12-8-16-28-21/h3-7,10-11,13-14,18-19,21,28H,1,8-9,12,15-17H2,2H3,(H,29,30). The van der Waals surface area contributed by atoms with Gasteiger partial charge in [-0.3, -0.25) is 0 Å². The van der Waals surface area contributed by atoms with Crippen LogP contribution in [0.2, 0.25) is 0 Å². The van der Waals surface area contributed by atoms with Crippen LogP contribution in [0, 0.1) is 0 Å². The van der Waals surface area contributed by atoms with E-state index in [4.69, 9.17) is 14.5 Å². The van der Waals surface area contributed by atoms with Gasteiger partial charge in [0.25, 0.3) is 0 Å². The summed E-state index contributed by atoms with van der Waals surface area (Å²) in [6.45, 7) is 5.71. The highest BCUT2D eigenvalue weighted by Gasteiger charge is 2.17. The number of pyridine rings is 1. The molecule has 1 unspecified atom stereocenters. The molecule has 1 atom stereocenters. The van der Waals surface area contributed by atoms with Crippen LogP contribution in [-0.2, 0) is 6.42 Å². The fraction of sp³-hybridized carbons (Fsp3) is 0.296. The van der Waals surface area contributed by atoms with E-state index in [-0.39, 0.29) is 0 Å². The van der Waals surface area contributed by atoms with Gasteiger partial charge in [0.2, 0.25) is 0 Å². The van der Waals surface area contributed by atoms with E-state index >= 15 is 0 Å². The van der Waals surface area contributed by atoms with E-state index in [2.05, 4.69) is 23.3 Å². The van der Waals surface area contributed by atoms with Gasteiger partial charge in [0, 0.05) is 23.4 Å². The average molecular weight is 430 g/mol. The number of hydrogen-bond donors (Lipinski definition) is 2. The second kappa shape index (κ2) is 10.8. The highest BCUT2D eigenvalue weighted by Crippen LogP contribution is 2.36. The third-order valence-corrected chi connectivity index (χ3v) is 5.70. The molecule has 32 heavy (non-hydrogen) atoms. The first-order valence-electron chi connectivity index (χ1n) is 11.2. The number of methoxy groups -OCH3 is 1. The quantitative estimate of drug-likeness (QED) is 0.402. The highest BCUT2D eigenvalue weighted by atomic mass is 16.5. The van der Waals surface area contributed by atoms with Crippen molar-refractivity contribution in [1.29, 1.82) is 0 Å². The summed E-state index contributed by atoms with van der Waals surface area (Å²) in [5.41, 5.74) is 3.86. The van der Waals surface area contributed by atoms with Crippen LogP contribution in [0.4, 0.5) is 11.5 Å². The van der Waals surface area contributed by atoms with Crippen molar-refractivity contribution in [2.45, 2.75) is 31.7 Å². The van der Waals surface area contributed by atoms with Crippen molar-refractivity contribution in [2.75, 3.05) is 25.6 Å². The van der Waals surface area contributed by atoms with Gasteiger partial charge in [-0.15, -0.1) is 6.58 Å². The summed E-state index contributed by atoms with van der Waals surface area (Å²) in [6.07, 6.45) is 6.10. The zero-order valence-electron chi connectivity index (χ0n) is 18.6. The van der Waals surface area contributed by atoms with Crippen molar-refractivity contribution in [3.63, 3.8) is 0 Å². The van der Waals surface area contributed by atoms with Crippen molar-refractivity contribution in [3.8, 4) is 22.8 Å². The van der Waals surface area contributed by atoms with Gasteiger partial charge < -0.3 is 20.1 Å². The third kappa shape index (κ3) is 5.48. The van der Waals surface area contributed by atoms with Crippen molar-refractivity contribution >= 4 is 11.5 Å². The molecule has 0 bridgehead atoms. The van der Waals surface area contributed by atoms with Crippen LogP contribution in [0.5, 0.6) is 11.5 Å². The maximum Gasteiger partial charge on any atom is 0.131 e. The van der Waals surface area contributed by atoms with Gasteiger partial charge in [-0.25, -0.2) is 4.98 Å². The normalized spacial score (nSPS) is 15.3. The number of anilines is 2. The molecule has 0 aliphatic carbocycles. The monoisotopic (exact) mass is 429 g/mol. The Morgan fingerprint density at radius 1 is 1.12 bits per heavy atom. The van der Waals surface area contributed by atoms with E-state index in [1.807, 2.05) is 60.7 Å². The lowest BCUT2D eigenvalue weighted by atomic mass is 10.0. The van der Waals surface area contributed by atoms with E-state index in [9.17, 15) is 0 Å². The third-order valence-electron chi connectivity index (χ3n) is 5.70. The van der Waals surface area contributed by atoms with Gasteiger partial charge in [-0.2, -0.15) is 0 Å². The second-order valence-electron chi connectivity index (χ2n) is 7.98. The Labute approximate surface area is 190 Å². The number of rotatable bonds is 10. The Kier molecular flexibility index (Phi) is 7.41. The van der Waals surface area contributed by atoms with E-state index in [1.54, 1.807) is 7.11 Å². The number of nitrogens with zero attached hydrogens (tertiary/aromatic N) is 1. The summed E-state index contributed by atoms with van der Waals surface area (Å²) < 4.78 is 11.9. The Balaban J connectivity index is 1.58. The Bertz CT molecular complexity index is 1030. The van der Waals surface area contributed by atoms with E-state index in [0.717, 1.165) is 59.2 Å². The number of benzene rings is 2.